The summed E-state index contributed by atoms with van der Waals surface area (Å²) >= 11 is 7.35. The zero-order valence-electron chi connectivity index (χ0n) is 20.4. The molecular formula is C27H22ClFN4O3S2. The zero-order valence-corrected chi connectivity index (χ0v) is 22.8. The molecule has 0 aliphatic carbocycles. The van der Waals surface area contributed by atoms with Crippen LogP contribution in [0.2, 0.25) is 5.02 Å². The third-order valence-corrected chi connectivity index (χ3v) is 8.91. The van der Waals surface area contributed by atoms with Gasteiger partial charge in [0.25, 0.3) is 10.0 Å². The molecule has 194 valence electrons. The van der Waals surface area contributed by atoms with E-state index in [-0.39, 0.29) is 39.5 Å². The first-order valence-electron chi connectivity index (χ1n) is 11.6. The maximum atomic E-state index is 14.4. The molecule has 0 saturated carbocycles. The molecule has 1 amide bonds. The SMILES string of the molecule is Cc1ccc(C)c(NC(=O)CSc2ncc3c(n2)-c2cc(Cl)ccc2N(Cc2ccccc2F)S3(=O)=O)c1. The van der Waals surface area contributed by atoms with Gasteiger partial charge in [0.2, 0.25) is 5.91 Å². The van der Waals surface area contributed by atoms with Crippen LogP contribution in [-0.4, -0.2) is 30.0 Å². The van der Waals surface area contributed by atoms with Crippen molar-refractivity contribution in [2.45, 2.75) is 30.4 Å². The highest BCUT2D eigenvalue weighted by Crippen LogP contribution is 2.44. The second kappa shape index (κ2) is 10.4. The van der Waals surface area contributed by atoms with Crippen LogP contribution in [-0.2, 0) is 21.4 Å². The predicted octanol–water partition coefficient (Wildman–Crippen LogP) is 5.99. The largest absolute Gasteiger partial charge is 0.325 e. The number of amides is 1. The van der Waals surface area contributed by atoms with E-state index in [1.165, 1.54) is 18.3 Å². The fourth-order valence-electron chi connectivity index (χ4n) is 4.11. The van der Waals surface area contributed by atoms with E-state index in [1.807, 2.05) is 32.0 Å². The molecule has 0 unspecified atom stereocenters. The number of carbonyl (C=O) groups excluding carboxylic acids is 1. The Hall–Kier alpha value is -3.47. The molecule has 1 aromatic heterocycles. The van der Waals surface area contributed by atoms with Crippen molar-refractivity contribution >= 4 is 50.7 Å². The molecule has 7 nitrogen and oxygen atoms in total. The lowest BCUT2D eigenvalue weighted by Crippen LogP contribution is -2.34. The van der Waals surface area contributed by atoms with Gasteiger partial charge in [-0.25, -0.2) is 22.8 Å². The monoisotopic (exact) mass is 568 g/mol. The first kappa shape index (κ1) is 26.1. The van der Waals surface area contributed by atoms with Gasteiger partial charge in [0, 0.05) is 21.8 Å². The lowest BCUT2D eigenvalue weighted by molar-refractivity contribution is -0.113. The smallest absolute Gasteiger partial charge is 0.268 e. The molecule has 5 rings (SSSR count). The van der Waals surface area contributed by atoms with Crippen molar-refractivity contribution in [3.05, 3.63) is 94.4 Å². The second-order valence-corrected chi connectivity index (χ2v) is 12.0. The molecule has 0 saturated heterocycles. The molecule has 0 radical (unpaired) electrons. The van der Waals surface area contributed by atoms with Gasteiger partial charge in [-0.15, -0.1) is 0 Å². The molecule has 3 aromatic carbocycles. The van der Waals surface area contributed by atoms with E-state index in [4.69, 9.17) is 11.6 Å². The summed E-state index contributed by atoms with van der Waals surface area (Å²) in [6, 6.07) is 16.6. The van der Waals surface area contributed by atoms with E-state index in [0.717, 1.165) is 32.9 Å². The summed E-state index contributed by atoms with van der Waals surface area (Å²) < 4.78 is 42.8. The molecule has 0 fully saturated rings. The minimum Gasteiger partial charge on any atom is -0.325 e. The van der Waals surface area contributed by atoms with Gasteiger partial charge in [0.1, 0.15) is 10.7 Å². The van der Waals surface area contributed by atoms with Crippen molar-refractivity contribution in [2.75, 3.05) is 15.4 Å². The highest BCUT2D eigenvalue weighted by molar-refractivity contribution is 7.99. The number of hydrogen-bond acceptors (Lipinski definition) is 6. The van der Waals surface area contributed by atoms with Gasteiger partial charge in [0.15, 0.2) is 5.16 Å². The number of fused-ring (bicyclic) bond motifs is 3. The summed E-state index contributed by atoms with van der Waals surface area (Å²) in [5.74, 6) is -0.718. The number of halogens is 2. The van der Waals surface area contributed by atoms with Gasteiger partial charge in [-0.3, -0.25) is 9.10 Å². The molecule has 2 heterocycles. The second-order valence-electron chi connectivity index (χ2n) is 8.79. The Morgan fingerprint density at radius 2 is 1.89 bits per heavy atom. The molecule has 1 aliphatic rings. The van der Waals surface area contributed by atoms with Crippen molar-refractivity contribution in [1.29, 1.82) is 0 Å². The zero-order chi connectivity index (χ0) is 27.0. The molecular weight excluding hydrogens is 547 g/mol. The quantitative estimate of drug-likeness (QED) is 0.227. The Kier molecular flexibility index (Phi) is 7.13. The lowest BCUT2D eigenvalue weighted by Gasteiger charge is -2.31. The average molecular weight is 569 g/mol. The number of benzene rings is 3. The normalized spacial score (nSPS) is 13.5. The van der Waals surface area contributed by atoms with E-state index in [0.29, 0.717) is 16.3 Å². The average Bonchev–Trinajstić information content (AvgIpc) is 2.88. The van der Waals surface area contributed by atoms with Crippen LogP contribution in [0.3, 0.4) is 0 Å². The van der Waals surface area contributed by atoms with Crippen molar-refractivity contribution in [3.63, 3.8) is 0 Å². The Morgan fingerprint density at radius 1 is 1.11 bits per heavy atom. The predicted molar refractivity (Wildman–Crippen MR) is 148 cm³/mol. The van der Waals surface area contributed by atoms with Crippen LogP contribution in [0.15, 0.2) is 76.9 Å². The van der Waals surface area contributed by atoms with Crippen LogP contribution < -0.4 is 9.62 Å². The third-order valence-electron chi connectivity index (χ3n) is 6.05. The molecule has 1 N–H and O–H groups in total. The molecule has 0 spiro atoms. The highest BCUT2D eigenvalue weighted by atomic mass is 35.5. The van der Waals surface area contributed by atoms with E-state index in [9.17, 15) is 17.6 Å². The summed E-state index contributed by atoms with van der Waals surface area (Å²) in [6.07, 6.45) is 1.22. The van der Waals surface area contributed by atoms with Crippen LogP contribution in [0, 0.1) is 19.7 Å². The minimum atomic E-state index is -4.11. The molecule has 0 bridgehead atoms. The van der Waals surface area contributed by atoms with E-state index in [2.05, 4.69) is 15.3 Å². The van der Waals surface area contributed by atoms with Crippen molar-refractivity contribution in [3.8, 4) is 11.3 Å². The molecule has 4 aromatic rings. The molecule has 0 atom stereocenters. The van der Waals surface area contributed by atoms with Gasteiger partial charge in [-0.1, -0.05) is 53.7 Å². The standard InChI is InChI=1S/C27H22ClFN4O3S2/c1-16-7-8-17(2)22(11-16)31-25(34)15-37-27-30-13-24-26(32-27)20-12-19(28)9-10-23(20)33(38(24,35)36)14-18-5-3-4-6-21(18)29/h3-13H,14-15H2,1-2H3,(H,31,34). The van der Waals surface area contributed by atoms with Gasteiger partial charge < -0.3 is 5.32 Å². The molecule has 38 heavy (non-hydrogen) atoms. The number of anilines is 2. The van der Waals surface area contributed by atoms with Crippen LogP contribution >= 0.6 is 23.4 Å². The summed E-state index contributed by atoms with van der Waals surface area (Å²) in [6.45, 7) is 3.64. The van der Waals surface area contributed by atoms with Crippen LogP contribution in [0.4, 0.5) is 15.8 Å². The minimum absolute atomic E-state index is 0.0285. The van der Waals surface area contributed by atoms with E-state index in [1.54, 1.807) is 30.3 Å². The van der Waals surface area contributed by atoms with E-state index >= 15 is 0 Å². The van der Waals surface area contributed by atoms with E-state index < -0.39 is 15.8 Å². The van der Waals surface area contributed by atoms with Crippen LogP contribution in [0.1, 0.15) is 16.7 Å². The number of carbonyl (C=O) groups is 1. The Bertz CT molecular complexity index is 1680. The summed E-state index contributed by atoms with van der Waals surface area (Å²) in [5.41, 5.74) is 3.90. The van der Waals surface area contributed by atoms with Crippen molar-refractivity contribution in [2.24, 2.45) is 0 Å². The first-order valence-corrected chi connectivity index (χ1v) is 14.4. The number of thioether (sulfide) groups is 1. The first-order chi connectivity index (χ1) is 18.1. The number of sulfonamides is 1. The maximum absolute atomic E-state index is 14.4. The Balaban J connectivity index is 1.44. The third kappa shape index (κ3) is 5.11. The maximum Gasteiger partial charge on any atom is 0.268 e. The van der Waals surface area contributed by atoms with Crippen LogP contribution in [0.25, 0.3) is 11.3 Å². The Morgan fingerprint density at radius 3 is 2.68 bits per heavy atom. The van der Waals surface area contributed by atoms with Gasteiger partial charge in [-0.2, -0.15) is 0 Å². The van der Waals surface area contributed by atoms with Gasteiger partial charge in [0.05, 0.1) is 29.9 Å². The number of aromatic nitrogens is 2. The number of hydrogen-bond donors (Lipinski definition) is 1. The number of nitrogens with zero attached hydrogens (tertiary/aromatic N) is 3. The number of aryl methyl sites for hydroxylation is 2. The van der Waals surface area contributed by atoms with Crippen LogP contribution in [0.5, 0.6) is 0 Å². The Labute approximate surface area is 229 Å². The highest BCUT2D eigenvalue weighted by Gasteiger charge is 2.37. The topological polar surface area (TPSA) is 92.3 Å². The summed E-state index contributed by atoms with van der Waals surface area (Å²) in [7, 11) is -4.11. The summed E-state index contributed by atoms with van der Waals surface area (Å²) in [4.78, 5) is 21.2. The van der Waals surface area contributed by atoms with Crippen molar-refractivity contribution in [1.82, 2.24) is 9.97 Å². The fourth-order valence-corrected chi connectivity index (χ4v) is 6.45. The molecule has 1 aliphatic heterocycles. The van der Waals surface area contributed by atoms with Gasteiger partial charge in [-0.05, 0) is 55.3 Å². The number of nitrogens with one attached hydrogen (secondary N) is 1. The van der Waals surface area contributed by atoms with Crippen molar-refractivity contribution < 1.29 is 17.6 Å². The summed E-state index contributed by atoms with van der Waals surface area (Å²) in [5, 5.41) is 3.52. The fraction of sp³-hybridized carbons (Fsp3) is 0.148. The molecule has 11 heteroatoms. The lowest BCUT2D eigenvalue weighted by atomic mass is 10.1. The number of rotatable bonds is 6. The van der Waals surface area contributed by atoms with Gasteiger partial charge >= 0.3 is 0 Å².